The number of piperidine rings is 1. The zero-order valence-corrected chi connectivity index (χ0v) is 13.8. The molecule has 0 saturated carbocycles. The topological polar surface area (TPSA) is 52.8 Å². The number of alkyl halides is 3. The summed E-state index contributed by atoms with van der Waals surface area (Å²) in [6.07, 6.45) is -1.38. The van der Waals surface area contributed by atoms with Gasteiger partial charge in [-0.25, -0.2) is 4.98 Å². The van der Waals surface area contributed by atoms with Crippen LogP contribution in [-0.4, -0.2) is 23.1 Å². The van der Waals surface area contributed by atoms with Crippen LogP contribution in [0.2, 0.25) is 0 Å². The SMILES string of the molecule is Cc1cc(N2CCC(c3nc(C(F)(F)F)cs3)CC2)c(C#N)cn1. The van der Waals surface area contributed by atoms with E-state index in [4.69, 9.17) is 0 Å². The summed E-state index contributed by atoms with van der Waals surface area (Å²) in [7, 11) is 0. The fourth-order valence-corrected chi connectivity index (χ4v) is 3.86. The molecule has 2 aromatic heterocycles. The van der Waals surface area contributed by atoms with Gasteiger partial charge in [0, 0.05) is 36.3 Å². The van der Waals surface area contributed by atoms with Gasteiger partial charge in [0.25, 0.3) is 0 Å². The second-order valence-corrected chi connectivity index (χ2v) is 6.67. The van der Waals surface area contributed by atoms with E-state index in [0.717, 1.165) is 40.9 Å². The first-order valence-electron chi connectivity index (χ1n) is 7.53. The summed E-state index contributed by atoms with van der Waals surface area (Å²) in [5, 5.41) is 10.9. The monoisotopic (exact) mass is 352 g/mol. The highest BCUT2D eigenvalue weighted by Gasteiger charge is 2.35. The van der Waals surface area contributed by atoms with Crippen LogP contribution in [0, 0.1) is 18.3 Å². The summed E-state index contributed by atoms with van der Waals surface area (Å²) in [5.41, 5.74) is 1.40. The normalized spacial score (nSPS) is 16.2. The van der Waals surface area contributed by atoms with E-state index in [1.807, 2.05) is 13.0 Å². The highest BCUT2D eigenvalue weighted by atomic mass is 32.1. The van der Waals surface area contributed by atoms with Crippen molar-refractivity contribution in [2.24, 2.45) is 0 Å². The van der Waals surface area contributed by atoms with Crippen LogP contribution < -0.4 is 4.90 Å². The van der Waals surface area contributed by atoms with Crippen LogP contribution in [0.5, 0.6) is 0 Å². The summed E-state index contributed by atoms with van der Waals surface area (Å²) >= 11 is 1.08. The zero-order chi connectivity index (χ0) is 17.3. The predicted molar refractivity (Wildman–Crippen MR) is 85.0 cm³/mol. The number of pyridine rings is 1. The highest BCUT2D eigenvalue weighted by molar-refractivity contribution is 7.09. The number of hydrogen-bond donors (Lipinski definition) is 0. The third-order valence-corrected chi connectivity index (χ3v) is 5.14. The summed E-state index contributed by atoms with van der Waals surface area (Å²) < 4.78 is 38.0. The standard InChI is InChI=1S/C16H15F3N4S/c1-10-6-13(12(7-20)8-21-10)23-4-2-11(3-5-23)15-22-14(9-24-15)16(17,18)19/h6,8-9,11H,2-5H2,1H3. The molecule has 0 radical (unpaired) electrons. The van der Waals surface area contributed by atoms with Crippen LogP contribution in [0.3, 0.4) is 0 Å². The average molecular weight is 352 g/mol. The molecule has 0 aromatic carbocycles. The third-order valence-electron chi connectivity index (χ3n) is 4.14. The Morgan fingerprint density at radius 1 is 1.33 bits per heavy atom. The Hall–Kier alpha value is -2.14. The Labute approximate surface area is 141 Å². The fraction of sp³-hybridized carbons (Fsp3) is 0.438. The van der Waals surface area contributed by atoms with E-state index < -0.39 is 11.9 Å². The van der Waals surface area contributed by atoms with Gasteiger partial charge in [-0.2, -0.15) is 18.4 Å². The number of halogens is 3. The second-order valence-electron chi connectivity index (χ2n) is 5.78. The number of nitriles is 1. The van der Waals surface area contributed by atoms with E-state index in [-0.39, 0.29) is 5.92 Å². The summed E-state index contributed by atoms with van der Waals surface area (Å²) in [6, 6.07) is 4.02. The molecule has 0 amide bonds. The van der Waals surface area contributed by atoms with Crippen molar-refractivity contribution in [2.45, 2.75) is 31.9 Å². The van der Waals surface area contributed by atoms with Gasteiger partial charge in [-0.15, -0.1) is 11.3 Å². The Morgan fingerprint density at radius 2 is 2.04 bits per heavy atom. The molecule has 24 heavy (non-hydrogen) atoms. The number of aryl methyl sites for hydroxylation is 1. The Balaban J connectivity index is 1.71. The fourth-order valence-electron chi connectivity index (χ4n) is 2.87. The maximum Gasteiger partial charge on any atom is 0.434 e. The quantitative estimate of drug-likeness (QED) is 0.816. The largest absolute Gasteiger partial charge is 0.434 e. The van der Waals surface area contributed by atoms with E-state index in [1.165, 1.54) is 0 Å². The predicted octanol–water partition coefficient (Wildman–Crippen LogP) is 4.12. The maximum absolute atomic E-state index is 12.7. The smallest absolute Gasteiger partial charge is 0.370 e. The molecule has 0 spiro atoms. The van der Waals surface area contributed by atoms with E-state index in [1.54, 1.807) is 6.20 Å². The molecule has 126 valence electrons. The minimum absolute atomic E-state index is 0.0378. The molecule has 0 N–H and O–H groups in total. The third kappa shape index (κ3) is 3.36. The van der Waals surface area contributed by atoms with Crippen molar-refractivity contribution >= 4 is 17.0 Å². The maximum atomic E-state index is 12.7. The van der Waals surface area contributed by atoms with Gasteiger partial charge in [-0.3, -0.25) is 4.98 Å². The van der Waals surface area contributed by atoms with Crippen molar-refractivity contribution < 1.29 is 13.2 Å². The highest BCUT2D eigenvalue weighted by Crippen LogP contribution is 2.36. The second kappa shape index (κ2) is 6.40. The zero-order valence-electron chi connectivity index (χ0n) is 13.0. The molecular formula is C16H15F3N4S. The molecule has 0 bridgehead atoms. The number of nitrogens with zero attached hydrogens (tertiary/aromatic N) is 4. The lowest BCUT2D eigenvalue weighted by molar-refractivity contribution is -0.140. The van der Waals surface area contributed by atoms with Gasteiger partial charge in [-0.05, 0) is 25.8 Å². The molecule has 1 aliphatic rings. The average Bonchev–Trinajstić information content (AvgIpc) is 3.05. The molecule has 1 fully saturated rings. The Kier molecular flexibility index (Phi) is 4.45. The molecule has 4 nitrogen and oxygen atoms in total. The lowest BCUT2D eigenvalue weighted by atomic mass is 9.96. The van der Waals surface area contributed by atoms with Gasteiger partial charge in [0.1, 0.15) is 6.07 Å². The molecule has 3 rings (SSSR count). The Morgan fingerprint density at radius 3 is 2.62 bits per heavy atom. The first-order chi connectivity index (χ1) is 11.4. The van der Waals surface area contributed by atoms with Gasteiger partial charge in [-0.1, -0.05) is 0 Å². The van der Waals surface area contributed by atoms with Crippen molar-refractivity contribution in [3.63, 3.8) is 0 Å². The molecule has 2 aromatic rings. The van der Waals surface area contributed by atoms with E-state index in [2.05, 4.69) is 20.9 Å². The number of thiazole rings is 1. The lowest BCUT2D eigenvalue weighted by Crippen LogP contribution is -2.33. The lowest BCUT2D eigenvalue weighted by Gasteiger charge is -2.33. The molecular weight excluding hydrogens is 337 g/mol. The molecule has 0 unspecified atom stereocenters. The van der Waals surface area contributed by atoms with Gasteiger partial charge < -0.3 is 4.90 Å². The molecule has 1 aliphatic heterocycles. The van der Waals surface area contributed by atoms with E-state index in [9.17, 15) is 18.4 Å². The summed E-state index contributed by atoms with van der Waals surface area (Å²) in [4.78, 5) is 9.99. The minimum atomic E-state index is -4.38. The molecule has 8 heteroatoms. The molecule has 3 heterocycles. The Bertz CT molecular complexity index is 770. The first kappa shape index (κ1) is 16.7. The number of aromatic nitrogens is 2. The van der Waals surface area contributed by atoms with Crippen molar-refractivity contribution in [2.75, 3.05) is 18.0 Å². The van der Waals surface area contributed by atoms with Crippen molar-refractivity contribution in [3.05, 3.63) is 39.6 Å². The minimum Gasteiger partial charge on any atom is -0.370 e. The van der Waals surface area contributed by atoms with Crippen molar-refractivity contribution in [3.8, 4) is 6.07 Å². The number of hydrogen-bond acceptors (Lipinski definition) is 5. The summed E-state index contributed by atoms with van der Waals surface area (Å²) in [6.45, 7) is 3.24. The number of rotatable bonds is 2. The van der Waals surface area contributed by atoms with Crippen LogP contribution in [0.15, 0.2) is 17.6 Å². The summed E-state index contributed by atoms with van der Waals surface area (Å²) in [5.74, 6) is 0.0378. The number of anilines is 1. The van der Waals surface area contributed by atoms with E-state index >= 15 is 0 Å². The van der Waals surface area contributed by atoms with Crippen LogP contribution in [-0.2, 0) is 6.18 Å². The molecule has 0 atom stereocenters. The van der Waals surface area contributed by atoms with Crippen molar-refractivity contribution in [1.29, 1.82) is 5.26 Å². The van der Waals surface area contributed by atoms with Gasteiger partial charge >= 0.3 is 6.18 Å². The van der Waals surface area contributed by atoms with Crippen molar-refractivity contribution in [1.82, 2.24) is 9.97 Å². The van der Waals surface area contributed by atoms with Crippen LogP contribution in [0.1, 0.15) is 40.7 Å². The van der Waals surface area contributed by atoms with Crippen LogP contribution >= 0.6 is 11.3 Å². The first-order valence-corrected chi connectivity index (χ1v) is 8.40. The molecule has 0 aliphatic carbocycles. The van der Waals surface area contributed by atoms with Gasteiger partial charge in [0.15, 0.2) is 5.69 Å². The molecule has 1 saturated heterocycles. The van der Waals surface area contributed by atoms with Crippen LogP contribution in [0.4, 0.5) is 18.9 Å². The van der Waals surface area contributed by atoms with Crippen LogP contribution in [0.25, 0.3) is 0 Å². The van der Waals surface area contributed by atoms with Gasteiger partial charge in [0.05, 0.1) is 16.3 Å². The van der Waals surface area contributed by atoms with Gasteiger partial charge in [0.2, 0.25) is 0 Å². The van der Waals surface area contributed by atoms with E-state index in [0.29, 0.717) is 23.7 Å².